The highest BCUT2D eigenvalue weighted by Gasteiger charge is 2.42. The molecule has 0 amide bonds. The Morgan fingerprint density at radius 2 is 2.21 bits per heavy atom. The molecule has 1 aromatic rings. The predicted octanol–water partition coefficient (Wildman–Crippen LogP) is 2.64. The van der Waals surface area contributed by atoms with Gasteiger partial charge in [0, 0.05) is 24.3 Å². The highest BCUT2D eigenvalue weighted by Crippen LogP contribution is 2.43. The number of aromatic nitrogens is 2. The van der Waals surface area contributed by atoms with Crippen LogP contribution in [-0.2, 0) is 11.3 Å². The third kappa shape index (κ3) is 2.84. The van der Waals surface area contributed by atoms with Crippen molar-refractivity contribution in [3.05, 3.63) is 17.5 Å². The lowest BCUT2D eigenvalue weighted by Gasteiger charge is -2.26. The molecule has 3 rings (SSSR count). The fraction of sp³-hybridized carbons (Fsp3) is 0.800. The molecular formula is C15H25N3O. The Hall–Kier alpha value is -0.870. The maximum absolute atomic E-state index is 6.36. The number of rotatable bonds is 4. The molecule has 1 spiro atoms. The molecule has 1 saturated heterocycles. The fourth-order valence-electron chi connectivity index (χ4n) is 3.65. The van der Waals surface area contributed by atoms with Gasteiger partial charge in [-0.3, -0.25) is 10.00 Å². The van der Waals surface area contributed by atoms with Gasteiger partial charge in [0.2, 0.25) is 0 Å². The fourth-order valence-corrected chi connectivity index (χ4v) is 3.65. The number of nitrogens with one attached hydrogen (secondary N) is 1. The molecule has 2 aliphatic rings. The van der Waals surface area contributed by atoms with Crippen LogP contribution in [0.4, 0.5) is 0 Å². The molecule has 0 bridgehead atoms. The van der Waals surface area contributed by atoms with Crippen LogP contribution in [0, 0.1) is 6.92 Å². The second-order valence-electron chi connectivity index (χ2n) is 6.39. The summed E-state index contributed by atoms with van der Waals surface area (Å²) < 4.78 is 6.36. The number of aromatic amines is 1. The van der Waals surface area contributed by atoms with Gasteiger partial charge in [-0.05, 0) is 39.7 Å². The lowest BCUT2D eigenvalue weighted by Crippen LogP contribution is -2.32. The van der Waals surface area contributed by atoms with E-state index in [1.54, 1.807) is 0 Å². The van der Waals surface area contributed by atoms with Crippen LogP contribution >= 0.6 is 0 Å². The number of hydrogen-bond donors (Lipinski definition) is 1. The van der Waals surface area contributed by atoms with Crippen molar-refractivity contribution >= 4 is 0 Å². The molecule has 106 valence electrons. The summed E-state index contributed by atoms with van der Waals surface area (Å²) in [7, 11) is 2.18. The summed E-state index contributed by atoms with van der Waals surface area (Å²) in [4.78, 5) is 2.36. The molecular weight excluding hydrogens is 238 g/mol. The van der Waals surface area contributed by atoms with Gasteiger partial charge in [-0.15, -0.1) is 0 Å². The second kappa shape index (κ2) is 5.25. The first-order chi connectivity index (χ1) is 9.17. The lowest BCUT2D eigenvalue weighted by atomic mass is 9.98. The number of likely N-dealkylation sites (N-methyl/N-ethyl adjacent to an activating group) is 1. The van der Waals surface area contributed by atoms with E-state index in [2.05, 4.69) is 29.1 Å². The van der Waals surface area contributed by atoms with E-state index in [1.165, 1.54) is 49.8 Å². The first-order valence-corrected chi connectivity index (χ1v) is 7.52. The van der Waals surface area contributed by atoms with Gasteiger partial charge in [0.05, 0.1) is 17.9 Å². The van der Waals surface area contributed by atoms with Crippen molar-refractivity contribution in [2.45, 2.75) is 63.7 Å². The summed E-state index contributed by atoms with van der Waals surface area (Å²) in [5.41, 5.74) is 2.72. The zero-order valence-corrected chi connectivity index (χ0v) is 12.1. The van der Waals surface area contributed by atoms with E-state index in [1.807, 2.05) is 6.20 Å². The molecule has 1 saturated carbocycles. The molecule has 2 fully saturated rings. The Morgan fingerprint density at radius 3 is 2.89 bits per heavy atom. The second-order valence-corrected chi connectivity index (χ2v) is 6.39. The maximum atomic E-state index is 6.36. The Balaban J connectivity index is 1.50. The monoisotopic (exact) mass is 263 g/mol. The van der Waals surface area contributed by atoms with Crippen LogP contribution in [0.15, 0.2) is 6.20 Å². The molecule has 0 radical (unpaired) electrons. The van der Waals surface area contributed by atoms with Crippen molar-refractivity contribution in [3.63, 3.8) is 0 Å². The minimum absolute atomic E-state index is 0.261. The quantitative estimate of drug-likeness (QED) is 0.908. The van der Waals surface area contributed by atoms with Crippen LogP contribution in [0.5, 0.6) is 0 Å². The van der Waals surface area contributed by atoms with Crippen LogP contribution in [-0.4, -0.2) is 40.4 Å². The van der Waals surface area contributed by atoms with Gasteiger partial charge >= 0.3 is 0 Å². The largest absolute Gasteiger partial charge is 0.370 e. The highest BCUT2D eigenvalue weighted by atomic mass is 16.5. The summed E-state index contributed by atoms with van der Waals surface area (Å²) in [6.45, 7) is 4.07. The van der Waals surface area contributed by atoms with Gasteiger partial charge < -0.3 is 4.74 Å². The molecule has 1 aliphatic heterocycles. The summed E-state index contributed by atoms with van der Waals surface area (Å²) in [6, 6.07) is 0. The third-order valence-electron chi connectivity index (χ3n) is 4.74. The van der Waals surface area contributed by atoms with Crippen LogP contribution < -0.4 is 0 Å². The van der Waals surface area contributed by atoms with Crippen molar-refractivity contribution in [3.8, 4) is 0 Å². The molecule has 0 unspecified atom stereocenters. The molecule has 1 N–H and O–H groups in total. The van der Waals surface area contributed by atoms with Crippen molar-refractivity contribution in [1.82, 2.24) is 15.1 Å². The van der Waals surface area contributed by atoms with E-state index in [9.17, 15) is 0 Å². The SMILES string of the molecule is Cc1[nH]ncc1CN(C)C[C@@H]1CCC2(CCCC2)O1. The van der Waals surface area contributed by atoms with E-state index in [0.29, 0.717) is 6.10 Å². The minimum atomic E-state index is 0.261. The predicted molar refractivity (Wildman–Crippen MR) is 75.0 cm³/mol. The Kier molecular flexibility index (Phi) is 3.63. The first kappa shape index (κ1) is 13.1. The molecule has 0 aromatic carbocycles. The van der Waals surface area contributed by atoms with Gasteiger partial charge in [0.1, 0.15) is 0 Å². The number of aryl methyl sites for hydroxylation is 1. The maximum Gasteiger partial charge on any atom is 0.0710 e. The Morgan fingerprint density at radius 1 is 1.42 bits per heavy atom. The molecule has 19 heavy (non-hydrogen) atoms. The van der Waals surface area contributed by atoms with Gasteiger partial charge in [0.25, 0.3) is 0 Å². The number of H-pyrrole nitrogens is 1. The van der Waals surface area contributed by atoms with Crippen LogP contribution in [0.25, 0.3) is 0 Å². The van der Waals surface area contributed by atoms with Crippen LogP contribution in [0.2, 0.25) is 0 Å². The number of nitrogens with zero attached hydrogens (tertiary/aromatic N) is 2. The molecule has 4 nitrogen and oxygen atoms in total. The van der Waals surface area contributed by atoms with Crippen LogP contribution in [0.3, 0.4) is 0 Å². The zero-order chi connectivity index (χ0) is 13.3. The molecule has 1 atom stereocenters. The van der Waals surface area contributed by atoms with E-state index in [0.717, 1.165) is 13.1 Å². The van der Waals surface area contributed by atoms with Crippen molar-refractivity contribution in [2.75, 3.05) is 13.6 Å². The Labute approximate surface area is 115 Å². The lowest BCUT2D eigenvalue weighted by molar-refractivity contribution is -0.0457. The normalized spacial score (nSPS) is 25.7. The van der Waals surface area contributed by atoms with Gasteiger partial charge in [0.15, 0.2) is 0 Å². The van der Waals surface area contributed by atoms with Gasteiger partial charge in [-0.25, -0.2) is 0 Å². The summed E-state index contributed by atoms with van der Waals surface area (Å²) in [6.07, 6.45) is 10.1. The summed E-state index contributed by atoms with van der Waals surface area (Å²) in [5, 5.41) is 7.08. The van der Waals surface area contributed by atoms with Crippen molar-refractivity contribution < 1.29 is 4.74 Å². The van der Waals surface area contributed by atoms with Crippen molar-refractivity contribution in [2.24, 2.45) is 0 Å². The average Bonchev–Trinajstić information content (AvgIpc) is 3.07. The van der Waals surface area contributed by atoms with E-state index in [-0.39, 0.29) is 5.60 Å². The highest BCUT2D eigenvalue weighted by molar-refractivity contribution is 5.13. The molecule has 1 aliphatic carbocycles. The Bertz CT molecular complexity index is 423. The standard InChI is InChI=1S/C15H25N3O/c1-12-13(9-16-17-12)10-18(2)11-14-5-8-15(19-14)6-3-4-7-15/h9,14H,3-8,10-11H2,1-2H3,(H,16,17)/t14-/m0/s1. The smallest absolute Gasteiger partial charge is 0.0710 e. The summed E-state index contributed by atoms with van der Waals surface area (Å²) >= 11 is 0. The van der Waals surface area contributed by atoms with Crippen LogP contribution in [0.1, 0.15) is 49.8 Å². The molecule has 2 heterocycles. The summed E-state index contributed by atoms with van der Waals surface area (Å²) in [5.74, 6) is 0. The first-order valence-electron chi connectivity index (χ1n) is 7.52. The molecule has 1 aromatic heterocycles. The van der Waals surface area contributed by atoms with E-state index >= 15 is 0 Å². The third-order valence-corrected chi connectivity index (χ3v) is 4.74. The van der Waals surface area contributed by atoms with E-state index in [4.69, 9.17) is 4.74 Å². The minimum Gasteiger partial charge on any atom is -0.370 e. The number of hydrogen-bond acceptors (Lipinski definition) is 3. The van der Waals surface area contributed by atoms with Crippen molar-refractivity contribution in [1.29, 1.82) is 0 Å². The van der Waals surface area contributed by atoms with Gasteiger partial charge in [-0.1, -0.05) is 12.8 Å². The average molecular weight is 263 g/mol. The van der Waals surface area contributed by atoms with E-state index < -0.39 is 0 Å². The zero-order valence-electron chi connectivity index (χ0n) is 12.1. The topological polar surface area (TPSA) is 41.2 Å². The van der Waals surface area contributed by atoms with Gasteiger partial charge in [-0.2, -0.15) is 5.10 Å². The molecule has 4 heteroatoms. The number of ether oxygens (including phenoxy) is 1.